The Labute approximate surface area is 179 Å². The highest BCUT2D eigenvalue weighted by molar-refractivity contribution is 5.85. The largest absolute Gasteiger partial charge is 0.496 e. The lowest BCUT2D eigenvalue weighted by Crippen LogP contribution is -2.51. The molecule has 7 heteroatoms. The Morgan fingerprint density at radius 3 is 2.54 bits per heavy atom. The zero-order valence-electron chi connectivity index (χ0n) is 16.3. The van der Waals surface area contributed by atoms with E-state index in [2.05, 4.69) is 22.3 Å². The van der Waals surface area contributed by atoms with Crippen LogP contribution in [0.15, 0.2) is 54.6 Å². The van der Waals surface area contributed by atoms with Gasteiger partial charge in [-0.3, -0.25) is 9.69 Å². The fourth-order valence-corrected chi connectivity index (χ4v) is 3.50. The molecular formula is C21H29Cl2N3O2. The van der Waals surface area contributed by atoms with E-state index in [0.29, 0.717) is 13.1 Å². The van der Waals surface area contributed by atoms with Crippen LogP contribution in [-0.4, -0.2) is 56.0 Å². The summed E-state index contributed by atoms with van der Waals surface area (Å²) in [5.74, 6) is 0.984. The minimum Gasteiger partial charge on any atom is -0.496 e. The SMILES string of the molecule is COc1ccccc1C1CNCCN1C(=O)CN(C)Cc1ccccc1.Cl.Cl. The van der Waals surface area contributed by atoms with Crippen LogP contribution in [0.5, 0.6) is 5.75 Å². The minimum absolute atomic E-state index is 0. The predicted molar refractivity (Wildman–Crippen MR) is 118 cm³/mol. The highest BCUT2D eigenvalue weighted by Gasteiger charge is 2.30. The topological polar surface area (TPSA) is 44.8 Å². The molecule has 5 nitrogen and oxygen atoms in total. The molecule has 1 atom stereocenters. The number of carbonyl (C=O) groups is 1. The molecule has 3 rings (SSSR count). The van der Waals surface area contributed by atoms with Gasteiger partial charge in [-0.05, 0) is 18.7 Å². The molecule has 1 amide bonds. The third-order valence-electron chi connectivity index (χ3n) is 4.76. The maximum absolute atomic E-state index is 13.0. The standard InChI is InChI=1S/C21H27N3O2.2ClH/c1-23(15-17-8-4-3-5-9-17)16-21(25)24-13-12-22-14-19(24)18-10-6-7-11-20(18)26-2;;/h3-11,19,22H,12-16H2,1-2H3;2*1H. The van der Waals surface area contributed by atoms with Gasteiger partial charge in [0.15, 0.2) is 0 Å². The molecule has 1 unspecified atom stereocenters. The van der Waals surface area contributed by atoms with E-state index in [1.54, 1.807) is 7.11 Å². The highest BCUT2D eigenvalue weighted by Crippen LogP contribution is 2.30. The number of ether oxygens (including phenoxy) is 1. The number of amides is 1. The van der Waals surface area contributed by atoms with Crippen LogP contribution in [0.25, 0.3) is 0 Å². The average molecular weight is 426 g/mol. The second-order valence-corrected chi connectivity index (χ2v) is 6.71. The van der Waals surface area contributed by atoms with Crippen molar-refractivity contribution in [3.05, 3.63) is 65.7 Å². The second kappa shape index (κ2) is 11.9. The summed E-state index contributed by atoms with van der Waals surface area (Å²) in [4.78, 5) is 17.0. The summed E-state index contributed by atoms with van der Waals surface area (Å²) < 4.78 is 5.51. The van der Waals surface area contributed by atoms with Crippen molar-refractivity contribution < 1.29 is 9.53 Å². The van der Waals surface area contributed by atoms with Crippen LogP contribution in [0.1, 0.15) is 17.2 Å². The van der Waals surface area contributed by atoms with E-state index in [1.807, 2.05) is 54.4 Å². The zero-order valence-corrected chi connectivity index (χ0v) is 18.0. The molecule has 0 saturated carbocycles. The van der Waals surface area contributed by atoms with E-state index in [0.717, 1.165) is 30.9 Å². The van der Waals surface area contributed by atoms with Crippen LogP contribution in [0.2, 0.25) is 0 Å². The van der Waals surface area contributed by atoms with Gasteiger partial charge in [-0.1, -0.05) is 48.5 Å². The fourth-order valence-electron chi connectivity index (χ4n) is 3.50. The Morgan fingerprint density at radius 2 is 1.82 bits per heavy atom. The summed E-state index contributed by atoms with van der Waals surface area (Å²) in [6.07, 6.45) is 0. The van der Waals surface area contributed by atoms with Gasteiger partial charge in [0.25, 0.3) is 0 Å². The van der Waals surface area contributed by atoms with Crippen LogP contribution in [0.4, 0.5) is 0 Å². The van der Waals surface area contributed by atoms with Gasteiger partial charge in [0.05, 0.1) is 19.7 Å². The van der Waals surface area contributed by atoms with E-state index < -0.39 is 0 Å². The van der Waals surface area contributed by atoms with Gasteiger partial charge < -0.3 is 15.0 Å². The molecular weight excluding hydrogens is 397 g/mol. The first-order chi connectivity index (χ1) is 12.7. The molecule has 0 aromatic heterocycles. The number of hydrogen-bond donors (Lipinski definition) is 1. The Balaban J connectivity index is 0.00000196. The van der Waals surface area contributed by atoms with Gasteiger partial charge in [-0.2, -0.15) is 0 Å². The van der Waals surface area contributed by atoms with Crippen molar-refractivity contribution in [1.82, 2.24) is 15.1 Å². The molecule has 154 valence electrons. The van der Waals surface area contributed by atoms with Crippen molar-refractivity contribution in [2.45, 2.75) is 12.6 Å². The van der Waals surface area contributed by atoms with Gasteiger partial charge in [-0.25, -0.2) is 0 Å². The normalized spacial score (nSPS) is 16.1. The minimum atomic E-state index is -0.00229. The number of nitrogens with zero attached hydrogens (tertiary/aromatic N) is 2. The first-order valence-corrected chi connectivity index (χ1v) is 9.04. The van der Waals surface area contributed by atoms with Gasteiger partial charge in [0.1, 0.15) is 5.75 Å². The van der Waals surface area contributed by atoms with E-state index in [-0.39, 0.29) is 36.8 Å². The van der Waals surface area contributed by atoms with Crippen LogP contribution in [-0.2, 0) is 11.3 Å². The van der Waals surface area contributed by atoms with E-state index in [9.17, 15) is 4.79 Å². The molecule has 1 saturated heterocycles. The van der Waals surface area contributed by atoms with Crippen molar-refractivity contribution in [2.75, 3.05) is 40.3 Å². The van der Waals surface area contributed by atoms with Crippen molar-refractivity contribution in [1.29, 1.82) is 0 Å². The summed E-state index contributed by atoms with van der Waals surface area (Å²) in [7, 11) is 3.67. The van der Waals surface area contributed by atoms with Gasteiger partial charge in [-0.15, -0.1) is 24.8 Å². The summed E-state index contributed by atoms with van der Waals surface area (Å²) in [5.41, 5.74) is 2.27. The number of halogens is 2. The lowest BCUT2D eigenvalue weighted by molar-refractivity contribution is -0.135. The summed E-state index contributed by atoms with van der Waals surface area (Å²) in [5, 5.41) is 3.40. The molecule has 1 fully saturated rings. The van der Waals surface area contributed by atoms with Crippen LogP contribution in [0.3, 0.4) is 0 Å². The molecule has 0 aliphatic carbocycles. The van der Waals surface area contributed by atoms with Gasteiger partial charge in [0, 0.05) is 31.7 Å². The predicted octanol–water partition coefficient (Wildman–Crippen LogP) is 3.14. The number of likely N-dealkylation sites (N-methyl/N-ethyl adjacent to an activating group) is 1. The number of benzene rings is 2. The second-order valence-electron chi connectivity index (χ2n) is 6.71. The molecule has 1 aliphatic rings. The molecule has 0 radical (unpaired) electrons. The van der Waals surface area contributed by atoms with Gasteiger partial charge in [0.2, 0.25) is 5.91 Å². The highest BCUT2D eigenvalue weighted by atomic mass is 35.5. The summed E-state index contributed by atoms with van der Waals surface area (Å²) >= 11 is 0. The number of piperazine rings is 1. The molecule has 1 heterocycles. The molecule has 1 aliphatic heterocycles. The number of carbonyl (C=O) groups excluding carboxylic acids is 1. The average Bonchev–Trinajstić information content (AvgIpc) is 2.68. The van der Waals surface area contributed by atoms with E-state index in [4.69, 9.17) is 4.74 Å². The lowest BCUT2D eigenvalue weighted by atomic mass is 10.0. The van der Waals surface area contributed by atoms with Crippen molar-refractivity contribution in [2.24, 2.45) is 0 Å². The first-order valence-electron chi connectivity index (χ1n) is 9.04. The molecule has 0 spiro atoms. The van der Waals surface area contributed by atoms with E-state index >= 15 is 0 Å². The van der Waals surface area contributed by atoms with Crippen molar-refractivity contribution in [3.63, 3.8) is 0 Å². The first kappa shape index (κ1) is 24.2. The fraction of sp³-hybridized carbons (Fsp3) is 0.381. The number of hydrogen-bond acceptors (Lipinski definition) is 4. The van der Waals surface area contributed by atoms with Crippen molar-refractivity contribution in [3.8, 4) is 5.75 Å². The Morgan fingerprint density at radius 1 is 1.14 bits per heavy atom. The van der Waals surface area contributed by atoms with E-state index in [1.165, 1.54) is 5.56 Å². The molecule has 1 N–H and O–H groups in total. The molecule has 0 bridgehead atoms. The lowest BCUT2D eigenvalue weighted by Gasteiger charge is -2.38. The third-order valence-corrected chi connectivity index (χ3v) is 4.76. The third kappa shape index (κ3) is 6.11. The molecule has 2 aromatic rings. The van der Waals surface area contributed by atoms with Crippen LogP contribution < -0.4 is 10.1 Å². The smallest absolute Gasteiger partial charge is 0.237 e. The molecule has 2 aromatic carbocycles. The van der Waals surface area contributed by atoms with Crippen LogP contribution in [0, 0.1) is 0 Å². The van der Waals surface area contributed by atoms with Gasteiger partial charge >= 0.3 is 0 Å². The molecule has 28 heavy (non-hydrogen) atoms. The number of nitrogens with one attached hydrogen (secondary N) is 1. The monoisotopic (exact) mass is 425 g/mol. The number of para-hydroxylation sites is 1. The Bertz CT molecular complexity index is 731. The Hall–Kier alpha value is -1.79. The summed E-state index contributed by atoms with van der Waals surface area (Å²) in [6, 6.07) is 18.2. The Kier molecular flexibility index (Phi) is 10.3. The number of methoxy groups -OCH3 is 1. The zero-order chi connectivity index (χ0) is 18.4. The van der Waals surface area contributed by atoms with Crippen molar-refractivity contribution >= 4 is 30.7 Å². The maximum Gasteiger partial charge on any atom is 0.237 e. The summed E-state index contributed by atoms with van der Waals surface area (Å²) in [6.45, 7) is 3.44. The quantitative estimate of drug-likeness (QED) is 0.771. The maximum atomic E-state index is 13.0. The number of rotatable bonds is 6. The van der Waals surface area contributed by atoms with Crippen LogP contribution >= 0.6 is 24.8 Å².